The predicted molar refractivity (Wildman–Crippen MR) is 113 cm³/mol. The Kier molecular flexibility index (Phi) is 4.76. The van der Waals surface area contributed by atoms with Gasteiger partial charge in [0.15, 0.2) is 11.8 Å². The molecule has 3 aliphatic rings. The Morgan fingerprint density at radius 1 is 0.862 bits per heavy atom. The Bertz CT molecular complexity index is 872. The van der Waals surface area contributed by atoms with Crippen LogP contribution in [0.15, 0.2) is 42.5 Å². The lowest BCUT2D eigenvalue weighted by atomic mass is 10.0. The second-order valence-electron chi connectivity index (χ2n) is 8.55. The van der Waals surface area contributed by atoms with Gasteiger partial charge in [-0.15, -0.1) is 0 Å². The van der Waals surface area contributed by atoms with Crippen LogP contribution in [-0.2, 0) is 6.54 Å². The highest BCUT2D eigenvalue weighted by molar-refractivity contribution is 5.58. The van der Waals surface area contributed by atoms with E-state index >= 15 is 0 Å². The summed E-state index contributed by atoms with van der Waals surface area (Å²) in [4.78, 5) is 4.67. The molecule has 1 aliphatic heterocycles. The van der Waals surface area contributed by atoms with E-state index in [1.807, 2.05) is 6.07 Å². The molecule has 154 valence electrons. The van der Waals surface area contributed by atoms with Gasteiger partial charge in [-0.2, -0.15) is 0 Å². The minimum Gasteiger partial charge on any atom is -0.494 e. The summed E-state index contributed by atoms with van der Waals surface area (Å²) in [5, 5.41) is 32.0. The van der Waals surface area contributed by atoms with Crippen molar-refractivity contribution in [1.29, 1.82) is 0 Å². The number of benzene rings is 1. The number of fused-ring (bicyclic) bond motifs is 5. The number of rotatable bonds is 5. The number of aliphatic hydroxyl groups is 1. The predicted octanol–water partition coefficient (Wildman–Crippen LogP) is 2.61. The van der Waals surface area contributed by atoms with Gasteiger partial charge in [0.1, 0.15) is 0 Å². The molecule has 3 atom stereocenters. The van der Waals surface area contributed by atoms with Crippen molar-refractivity contribution >= 4 is 5.69 Å². The van der Waals surface area contributed by atoms with Crippen LogP contribution in [0.4, 0.5) is 5.69 Å². The van der Waals surface area contributed by atoms with Crippen molar-refractivity contribution in [3.63, 3.8) is 0 Å². The fourth-order valence-corrected chi connectivity index (χ4v) is 5.28. The Balaban J connectivity index is 1.22. The normalized spacial score (nSPS) is 24.7. The van der Waals surface area contributed by atoms with Gasteiger partial charge in [-0.1, -0.05) is 30.4 Å². The van der Waals surface area contributed by atoms with Crippen LogP contribution in [0.3, 0.4) is 0 Å². The third-order valence-corrected chi connectivity index (χ3v) is 6.68. The molecule has 1 fully saturated rings. The van der Waals surface area contributed by atoms with Gasteiger partial charge in [0.25, 0.3) is 0 Å². The minimum absolute atomic E-state index is 0.125. The van der Waals surface area contributed by atoms with Gasteiger partial charge in [-0.05, 0) is 31.5 Å². The van der Waals surface area contributed by atoms with Crippen LogP contribution in [-0.4, -0.2) is 63.6 Å². The van der Waals surface area contributed by atoms with Crippen molar-refractivity contribution in [3.8, 4) is 11.8 Å². The van der Waals surface area contributed by atoms with Crippen LogP contribution in [0, 0.1) is 0 Å². The zero-order valence-corrected chi connectivity index (χ0v) is 16.6. The Hall–Kier alpha value is -2.44. The maximum atomic E-state index is 10.7. The van der Waals surface area contributed by atoms with Crippen molar-refractivity contribution in [3.05, 3.63) is 53.6 Å². The number of aromatic nitrogens is 1. The summed E-state index contributed by atoms with van der Waals surface area (Å²) in [7, 11) is 0. The second kappa shape index (κ2) is 7.43. The highest BCUT2D eigenvalue weighted by atomic mass is 16.3. The van der Waals surface area contributed by atoms with E-state index in [9.17, 15) is 15.3 Å². The number of hydrogen-bond acceptors (Lipinski definition) is 5. The SMILES string of the molecule is Oc1c2c(c(O)n1CC(O)CN1CCCN(c3ccccc3)CC1)C1C=CC2C1. The largest absolute Gasteiger partial charge is 0.494 e. The summed E-state index contributed by atoms with van der Waals surface area (Å²) in [6.07, 6.45) is 5.57. The van der Waals surface area contributed by atoms with E-state index in [0.29, 0.717) is 6.54 Å². The first kappa shape index (κ1) is 18.6. The number of anilines is 1. The Morgan fingerprint density at radius 3 is 2.24 bits per heavy atom. The van der Waals surface area contributed by atoms with Crippen molar-refractivity contribution in [1.82, 2.24) is 9.47 Å². The average molecular weight is 396 g/mol. The fraction of sp³-hybridized carbons (Fsp3) is 0.478. The quantitative estimate of drug-likeness (QED) is 0.679. The average Bonchev–Trinajstić information content (AvgIpc) is 3.35. The number of allylic oxidation sites excluding steroid dienone is 2. The van der Waals surface area contributed by atoms with Crippen LogP contribution in [0.5, 0.6) is 11.8 Å². The number of hydrogen-bond donors (Lipinski definition) is 3. The molecule has 5 rings (SSSR count). The number of β-amino-alcohol motifs (C(OH)–C–C–N with tert-alkyl or cyclic N) is 1. The lowest BCUT2D eigenvalue weighted by Gasteiger charge is -2.25. The van der Waals surface area contributed by atoms with Crippen LogP contribution >= 0.6 is 0 Å². The van der Waals surface area contributed by atoms with E-state index in [1.165, 1.54) is 10.3 Å². The summed E-state index contributed by atoms with van der Waals surface area (Å²) in [5.74, 6) is 0.654. The van der Waals surface area contributed by atoms with Gasteiger partial charge >= 0.3 is 0 Å². The number of aliphatic hydroxyl groups excluding tert-OH is 1. The topological polar surface area (TPSA) is 72.1 Å². The molecule has 0 amide bonds. The van der Waals surface area contributed by atoms with E-state index in [1.54, 1.807) is 0 Å². The molecule has 2 bridgehead atoms. The molecule has 0 spiro atoms. The summed E-state index contributed by atoms with van der Waals surface area (Å²) in [6.45, 7) is 4.52. The molecular formula is C23H29N3O3. The smallest absolute Gasteiger partial charge is 0.198 e. The summed E-state index contributed by atoms with van der Waals surface area (Å²) >= 11 is 0. The molecule has 0 radical (unpaired) electrons. The Morgan fingerprint density at radius 2 is 1.55 bits per heavy atom. The van der Waals surface area contributed by atoms with Crippen molar-refractivity contribution in [2.24, 2.45) is 0 Å². The third-order valence-electron chi connectivity index (χ3n) is 6.68. The van der Waals surface area contributed by atoms with Gasteiger partial charge in [-0.3, -0.25) is 9.47 Å². The zero-order valence-electron chi connectivity index (χ0n) is 16.6. The maximum Gasteiger partial charge on any atom is 0.198 e. The van der Waals surface area contributed by atoms with E-state index in [-0.39, 0.29) is 30.1 Å². The maximum absolute atomic E-state index is 10.7. The van der Waals surface area contributed by atoms with Crippen LogP contribution in [0.2, 0.25) is 0 Å². The first-order valence-corrected chi connectivity index (χ1v) is 10.6. The molecule has 29 heavy (non-hydrogen) atoms. The summed E-state index contributed by atoms with van der Waals surface area (Å²) < 4.78 is 1.50. The van der Waals surface area contributed by atoms with Crippen LogP contribution in [0.1, 0.15) is 35.8 Å². The van der Waals surface area contributed by atoms with Gasteiger partial charge < -0.3 is 20.2 Å². The second-order valence-corrected chi connectivity index (χ2v) is 8.55. The number of para-hydroxylation sites is 1. The molecular weight excluding hydrogens is 366 g/mol. The molecule has 3 N–H and O–H groups in total. The molecule has 1 saturated heterocycles. The van der Waals surface area contributed by atoms with Gasteiger partial charge in [0.2, 0.25) is 0 Å². The highest BCUT2D eigenvalue weighted by Crippen LogP contribution is 2.56. The van der Waals surface area contributed by atoms with E-state index < -0.39 is 6.10 Å². The molecule has 1 aromatic carbocycles. The Labute approximate surface area is 171 Å². The molecule has 3 unspecified atom stereocenters. The molecule has 6 nitrogen and oxygen atoms in total. The monoisotopic (exact) mass is 395 g/mol. The molecule has 6 heteroatoms. The van der Waals surface area contributed by atoms with E-state index in [0.717, 1.165) is 50.1 Å². The molecule has 2 aliphatic carbocycles. The molecule has 0 saturated carbocycles. The number of aromatic hydroxyl groups is 2. The van der Waals surface area contributed by atoms with E-state index in [4.69, 9.17) is 0 Å². The van der Waals surface area contributed by atoms with Crippen LogP contribution < -0.4 is 4.90 Å². The van der Waals surface area contributed by atoms with Crippen molar-refractivity contribution in [2.45, 2.75) is 37.3 Å². The first-order valence-electron chi connectivity index (χ1n) is 10.6. The van der Waals surface area contributed by atoms with Crippen molar-refractivity contribution in [2.75, 3.05) is 37.6 Å². The van der Waals surface area contributed by atoms with E-state index in [2.05, 4.69) is 46.2 Å². The highest BCUT2D eigenvalue weighted by Gasteiger charge is 2.41. The van der Waals surface area contributed by atoms with Gasteiger partial charge in [0.05, 0.1) is 12.6 Å². The first-order chi connectivity index (χ1) is 14.1. The van der Waals surface area contributed by atoms with Crippen LogP contribution in [0.25, 0.3) is 0 Å². The lowest BCUT2D eigenvalue weighted by Crippen LogP contribution is -2.37. The minimum atomic E-state index is -0.645. The summed E-state index contributed by atoms with van der Waals surface area (Å²) in [6, 6.07) is 10.5. The lowest BCUT2D eigenvalue weighted by molar-refractivity contribution is 0.0965. The standard InChI is InChI=1S/C23H29N3O3/c27-19(14-24-9-4-10-25(12-11-24)18-5-2-1-3-6-18)15-26-22(28)20-16-7-8-17(13-16)21(20)23(26)29/h1-3,5-8,16-17,19,27-29H,4,9-15H2. The fourth-order valence-electron chi connectivity index (χ4n) is 5.28. The number of nitrogens with zero attached hydrogens (tertiary/aromatic N) is 3. The van der Waals surface area contributed by atoms with Gasteiger partial charge in [0, 0.05) is 54.8 Å². The molecule has 1 aromatic heterocycles. The van der Waals surface area contributed by atoms with Gasteiger partial charge in [-0.25, -0.2) is 0 Å². The summed E-state index contributed by atoms with van der Waals surface area (Å²) in [5.41, 5.74) is 2.96. The van der Waals surface area contributed by atoms with Crippen molar-refractivity contribution < 1.29 is 15.3 Å². The molecule has 2 heterocycles. The molecule has 2 aromatic rings. The third kappa shape index (κ3) is 3.30. The zero-order chi connectivity index (χ0) is 20.0.